The number of carbonyl (C=O) groups is 1. The first-order valence-electron chi connectivity index (χ1n) is 4.60. The minimum absolute atomic E-state index is 0.338. The highest BCUT2D eigenvalue weighted by Gasteiger charge is 2.20. The molecule has 4 nitrogen and oxygen atoms in total. The summed E-state index contributed by atoms with van der Waals surface area (Å²) in [6, 6.07) is -0.554. The highest BCUT2D eigenvalue weighted by molar-refractivity contribution is 9.10. The van der Waals surface area contributed by atoms with Crippen LogP contribution in [0.3, 0.4) is 0 Å². The molecule has 15 heavy (non-hydrogen) atoms. The molecule has 0 amide bonds. The topological polar surface area (TPSA) is 62.2 Å². The number of nitrogens with zero attached hydrogens (tertiary/aromatic N) is 1. The summed E-state index contributed by atoms with van der Waals surface area (Å²) in [7, 11) is 0. The Balaban J connectivity index is 2.67. The highest BCUT2D eigenvalue weighted by Crippen LogP contribution is 2.27. The van der Waals surface area contributed by atoms with Gasteiger partial charge in [-0.1, -0.05) is 13.8 Å². The standard InChI is InChI=1S/C9H13BrN2O2S/c1-5(2)3-7(9(13)14)12-8-6(10)4-11-15-8/h4-5,7,12H,3H2,1-2H3,(H,13,14). The first-order valence-corrected chi connectivity index (χ1v) is 6.17. The Bertz CT molecular complexity index is 341. The Labute approximate surface area is 101 Å². The molecular formula is C9H13BrN2O2S. The van der Waals surface area contributed by atoms with Gasteiger partial charge < -0.3 is 10.4 Å². The lowest BCUT2D eigenvalue weighted by molar-refractivity contribution is -0.138. The van der Waals surface area contributed by atoms with Crippen molar-refractivity contribution in [1.29, 1.82) is 0 Å². The molecule has 1 aromatic rings. The Kier molecular flexibility index (Phi) is 4.53. The van der Waals surface area contributed by atoms with Crippen LogP contribution in [0.2, 0.25) is 0 Å². The number of carboxylic acids is 1. The Morgan fingerprint density at radius 1 is 1.73 bits per heavy atom. The number of aromatic nitrogens is 1. The zero-order valence-corrected chi connectivity index (χ0v) is 10.9. The van der Waals surface area contributed by atoms with Crippen molar-refractivity contribution in [2.24, 2.45) is 5.92 Å². The SMILES string of the molecule is CC(C)CC(Nc1sncc1Br)C(=O)O. The average Bonchev–Trinajstić information content (AvgIpc) is 2.50. The van der Waals surface area contributed by atoms with Gasteiger partial charge in [-0.25, -0.2) is 4.79 Å². The van der Waals surface area contributed by atoms with Gasteiger partial charge in [-0.3, -0.25) is 0 Å². The van der Waals surface area contributed by atoms with Crippen molar-refractivity contribution in [2.75, 3.05) is 5.32 Å². The third-order valence-electron chi connectivity index (χ3n) is 1.84. The summed E-state index contributed by atoms with van der Waals surface area (Å²) in [6.45, 7) is 4.00. The maximum Gasteiger partial charge on any atom is 0.326 e. The van der Waals surface area contributed by atoms with E-state index in [2.05, 4.69) is 25.6 Å². The fraction of sp³-hybridized carbons (Fsp3) is 0.556. The molecule has 1 heterocycles. The number of anilines is 1. The van der Waals surface area contributed by atoms with E-state index in [4.69, 9.17) is 5.11 Å². The van der Waals surface area contributed by atoms with Gasteiger partial charge in [0.25, 0.3) is 0 Å². The van der Waals surface area contributed by atoms with E-state index in [0.29, 0.717) is 12.3 Å². The predicted octanol–water partition coefficient (Wildman–Crippen LogP) is 2.82. The Hall–Kier alpha value is -0.620. The van der Waals surface area contributed by atoms with E-state index < -0.39 is 12.0 Å². The number of hydrogen-bond donors (Lipinski definition) is 2. The van der Waals surface area contributed by atoms with Crippen molar-refractivity contribution >= 4 is 38.4 Å². The molecule has 1 aromatic heterocycles. The number of rotatable bonds is 5. The van der Waals surface area contributed by atoms with Crippen molar-refractivity contribution in [3.8, 4) is 0 Å². The molecule has 0 aromatic carbocycles. The van der Waals surface area contributed by atoms with Crippen LogP contribution in [-0.2, 0) is 4.79 Å². The number of hydrogen-bond acceptors (Lipinski definition) is 4. The van der Waals surface area contributed by atoms with Crippen LogP contribution < -0.4 is 5.32 Å². The lowest BCUT2D eigenvalue weighted by atomic mass is 10.0. The molecule has 0 saturated carbocycles. The van der Waals surface area contributed by atoms with Gasteiger partial charge in [0.1, 0.15) is 11.0 Å². The van der Waals surface area contributed by atoms with Gasteiger partial charge in [-0.2, -0.15) is 4.37 Å². The summed E-state index contributed by atoms with van der Waals surface area (Å²) in [5.74, 6) is -0.491. The lowest BCUT2D eigenvalue weighted by Crippen LogP contribution is -2.30. The zero-order chi connectivity index (χ0) is 11.4. The van der Waals surface area contributed by atoms with Crippen molar-refractivity contribution in [3.63, 3.8) is 0 Å². The van der Waals surface area contributed by atoms with Gasteiger partial charge in [0, 0.05) is 0 Å². The van der Waals surface area contributed by atoms with Gasteiger partial charge in [0.15, 0.2) is 0 Å². The zero-order valence-electron chi connectivity index (χ0n) is 8.53. The summed E-state index contributed by atoms with van der Waals surface area (Å²) in [5, 5.41) is 12.8. The van der Waals surface area contributed by atoms with Crippen LogP contribution >= 0.6 is 27.5 Å². The summed E-state index contributed by atoms with van der Waals surface area (Å²) < 4.78 is 4.76. The fourth-order valence-corrected chi connectivity index (χ4v) is 2.34. The normalized spacial score (nSPS) is 12.8. The average molecular weight is 293 g/mol. The molecular weight excluding hydrogens is 280 g/mol. The highest BCUT2D eigenvalue weighted by atomic mass is 79.9. The van der Waals surface area contributed by atoms with E-state index in [9.17, 15) is 4.79 Å². The molecule has 0 aliphatic rings. The Morgan fingerprint density at radius 2 is 2.40 bits per heavy atom. The number of aliphatic carboxylic acids is 1. The molecule has 0 aliphatic heterocycles. The summed E-state index contributed by atoms with van der Waals surface area (Å²) in [4.78, 5) is 11.0. The van der Waals surface area contributed by atoms with Crippen LogP contribution in [0.4, 0.5) is 5.00 Å². The number of nitrogens with one attached hydrogen (secondary N) is 1. The van der Waals surface area contributed by atoms with Crippen molar-refractivity contribution in [3.05, 3.63) is 10.7 Å². The smallest absolute Gasteiger partial charge is 0.326 e. The molecule has 1 rings (SSSR count). The maximum absolute atomic E-state index is 11.0. The summed E-state index contributed by atoms with van der Waals surface area (Å²) in [6.07, 6.45) is 2.25. The van der Waals surface area contributed by atoms with E-state index in [-0.39, 0.29) is 0 Å². The van der Waals surface area contributed by atoms with E-state index in [1.807, 2.05) is 13.8 Å². The summed E-state index contributed by atoms with van der Waals surface area (Å²) in [5.41, 5.74) is 0. The van der Waals surface area contributed by atoms with Crippen LogP contribution in [0.1, 0.15) is 20.3 Å². The predicted molar refractivity (Wildman–Crippen MR) is 64.3 cm³/mol. The molecule has 2 N–H and O–H groups in total. The van der Waals surface area contributed by atoms with Crippen LogP contribution in [0.5, 0.6) is 0 Å². The summed E-state index contributed by atoms with van der Waals surface area (Å²) >= 11 is 4.55. The third-order valence-corrected chi connectivity index (χ3v) is 3.43. The quantitative estimate of drug-likeness (QED) is 0.876. The van der Waals surface area contributed by atoms with Gasteiger partial charge in [0.2, 0.25) is 0 Å². The second kappa shape index (κ2) is 5.46. The fourth-order valence-electron chi connectivity index (χ4n) is 1.17. The largest absolute Gasteiger partial charge is 0.480 e. The minimum Gasteiger partial charge on any atom is -0.480 e. The molecule has 0 spiro atoms. The lowest BCUT2D eigenvalue weighted by Gasteiger charge is -2.16. The molecule has 6 heteroatoms. The van der Waals surface area contributed by atoms with Crippen LogP contribution in [0, 0.1) is 5.92 Å². The van der Waals surface area contributed by atoms with Crippen LogP contribution in [0.25, 0.3) is 0 Å². The maximum atomic E-state index is 11.0. The van der Waals surface area contributed by atoms with E-state index >= 15 is 0 Å². The second-order valence-electron chi connectivity index (χ2n) is 3.67. The van der Waals surface area contributed by atoms with E-state index in [1.165, 1.54) is 11.5 Å². The molecule has 0 bridgehead atoms. The molecule has 1 atom stereocenters. The van der Waals surface area contributed by atoms with Gasteiger partial charge in [0.05, 0.1) is 10.7 Å². The van der Waals surface area contributed by atoms with Gasteiger partial charge >= 0.3 is 5.97 Å². The first-order chi connectivity index (χ1) is 7.00. The molecule has 84 valence electrons. The van der Waals surface area contributed by atoms with Gasteiger partial charge in [-0.15, -0.1) is 0 Å². The Morgan fingerprint density at radius 3 is 2.80 bits per heavy atom. The van der Waals surface area contributed by atoms with Crippen LogP contribution in [0.15, 0.2) is 10.7 Å². The molecule has 1 unspecified atom stereocenters. The van der Waals surface area contributed by atoms with Crippen molar-refractivity contribution < 1.29 is 9.90 Å². The van der Waals surface area contributed by atoms with Gasteiger partial charge in [-0.05, 0) is 39.8 Å². The second-order valence-corrected chi connectivity index (χ2v) is 5.32. The van der Waals surface area contributed by atoms with Crippen molar-refractivity contribution in [1.82, 2.24) is 4.37 Å². The first kappa shape index (κ1) is 12.4. The molecule has 0 radical (unpaired) electrons. The van der Waals surface area contributed by atoms with E-state index in [0.717, 1.165) is 9.47 Å². The number of halogens is 1. The van der Waals surface area contributed by atoms with E-state index in [1.54, 1.807) is 6.20 Å². The molecule has 0 saturated heterocycles. The van der Waals surface area contributed by atoms with Crippen molar-refractivity contribution in [2.45, 2.75) is 26.3 Å². The monoisotopic (exact) mass is 292 g/mol. The minimum atomic E-state index is -0.830. The third kappa shape index (κ3) is 3.79. The molecule has 0 fully saturated rings. The molecule has 0 aliphatic carbocycles. The number of carboxylic acid groups (broad SMARTS) is 1. The van der Waals surface area contributed by atoms with Crippen LogP contribution in [-0.4, -0.2) is 21.5 Å².